The van der Waals surface area contributed by atoms with Crippen LogP contribution < -0.4 is 4.90 Å². The first-order chi connectivity index (χ1) is 8.26. The van der Waals surface area contributed by atoms with Gasteiger partial charge in [-0.2, -0.15) is 0 Å². The SMILES string of the molecule is OCc1ccc(N2CCOCC2CO)cc1Cl. The van der Waals surface area contributed by atoms with Gasteiger partial charge in [-0.3, -0.25) is 0 Å². The van der Waals surface area contributed by atoms with Crippen molar-refractivity contribution in [3.05, 3.63) is 28.8 Å². The van der Waals surface area contributed by atoms with Gasteiger partial charge in [0.2, 0.25) is 0 Å². The van der Waals surface area contributed by atoms with E-state index in [0.29, 0.717) is 23.8 Å². The van der Waals surface area contributed by atoms with Gasteiger partial charge in [0.05, 0.1) is 32.5 Å². The van der Waals surface area contributed by atoms with Crippen LogP contribution in [0.2, 0.25) is 5.02 Å². The third kappa shape index (κ3) is 2.72. The van der Waals surface area contributed by atoms with E-state index < -0.39 is 0 Å². The van der Waals surface area contributed by atoms with Crippen molar-refractivity contribution in [2.45, 2.75) is 12.6 Å². The summed E-state index contributed by atoms with van der Waals surface area (Å²) in [6.07, 6.45) is 0. The number of aliphatic hydroxyl groups excluding tert-OH is 2. The molecule has 0 amide bonds. The molecule has 0 bridgehead atoms. The van der Waals surface area contributed by atoms with Crippen molar-refractivity contribution in [1.82, 2.24) is 0 Å². The minimum Gasteiger partial charge on any atom is -0.394 e. The van der Waals surface area contributed by atoms with Crippen LogP contribution in [-0.4, -0.2) is 42.6 Å². The standard InChI is InChI=1S/C12H16ClNO3/c13-12-5-10(2-1-9(12)6-15)14-3-4-17-8-11(14)7-16/h1-2,5,11,15-16H,3-4,6-8H2. The highest BCUT2D eigenvalue weighted by Gasteiger charge is 2.22. The van der Waals surface area contributed by atoms with Gasteiger partial charge in [-0.25, -0.2) is 0 Å². The maximum absolute atomic E-state index is 9.30. The number of hydrogen-bond donors (Lipinski definition) is 2. The number of anilines is 1. The van der Waals surface area contributed by atoms with Gasteiger partial charge in [0.1, 0.15) is 0 Å². The molecule has 0 aliphatic carbocycles. The number of ether oxygens (including phenoxy) is 1. The number of rotatable bonds is 3. The first kappa shape index (κ1) is 12.6. The molecule has 0 saturated carbocycles. The predicted molar refractivity (Wildman–Crippen MR) is 66.4 cm³/mol. The zero-order chi connectivity index (χ0) is 12.3. The predicted octanol–water partition coefficient (Wildman–Crippen LogP) is 1.03. The maximum atomic E-state index is 9.30. The number of aliphatic hydroxyl groups is 2. The van der Waals surface area contributed by atoms with Gasteiger partial charge < -0.3 is 19.8 Å². The highest BCUT2D eigenvalue weighted by molar-refractivity contribution is 6.31. The summed E-state index contributed by atoms with van der Waals surface area (Å²) in [5.41, 5.74) is 1.67. The highest BCUT2D eigenvalue weighted by atomic mass is 35.5. The monoisotopic (exact) mass is 257 g/mol. The topological polar surface area (TPSA) is 52.9 Å². The number of halogens is 1. The lowest BCUT2D eigenvalue weighted by Gasteiger charge is -2.36. The Morgan fingerprint density at radius 2 is 2.24 bits per heavy atom. The van der Waals surface area contributed by atoms with Crippen LogP contribution in [0.1, 0.15) is 5.56 Å². The van der Waals surface area contributed by atoms with E-state index in [9.17, 15) is 5.11 Å². The van der Waals surface area contributed by atoms with E-state index in [-0.39, 0.29) is 19.3 Å². The lowest BCUT2D eigenvalue weighted by Crippen LogP contribution is -2.47. The second kappa shape index (κ2) is 5.69. The van der Waals surface area contributed by atoms with Crippen molar-refractivity contribution < 1.29 is 14.9 Å². The van der Waals surface area contributed by atoms with Crippen LogP contribution in [0.25, 0.3) is 0 Å². The lowest BCUT2D eigenvalue weighted by atomic mass is 10.1. The van der Waals surface area contributed by atoms with Crippen molar-refractivity contribution in [2.75, 3.05) is 31.3 Å². The summed E-state index contributed by atoms with van der Waals surface area (Å²) in [6.45, 7) is 1.90. The maximum Gasteiger partial charge on any atom is 0.0755 e. The van der Waals surface area contributed by atoms with E-state index in [1.165, 1.54) is 0 Å². The Hall–Kier alpha value is -0.810. The third-order valence-corrected chi connectivity index (χ3v) is 3.33. The van der Waals surface area contributed by atoms with Crippen LogP contribution in [0.3, 0.4) is 0 Å². The van der Waals surface area contributed by atoms with Gasteiger partial charge >= 0.3 is 0 Å². The first-order valence-electron chi connectivity index (χ1n) is 5.60. The zero-order valence-electron chi connectivity index (χ0n) is 9.47. The number of morpholine rings is 1. The highest BCUT2D eigenvalue weighted by Crippen LogP contribution is 2.26. The summed E-state index contributed by atoms with van der Waals surface area (Å²) < 4.78 is 5.33. The van der Waals surface area contributed by atoms with Crippen molar-refractivity contribution in [1.29, 1.82) is 0 Å². The normalized spacial score (nSPS) is 20.6. The summed E-state index contributed by atoms with van der Waals surface area (Å²) in [7, 11) is 0. The average molecular weight is 258 g/mol. The Morgan fingerprint density at radius 1 is 1.41 bits per heavy atom. The Bertz CT molecular complexity index is 386. The molecule has 1 fully saturated rings. The quantitative estimate of drug-likeness (QED) is 0.849. The molecular weight excluding hydrogens is 242 g/mol. The fourth-order valence-electron chi connectivity index (χ4n) is 1.99. The number of benzene rings is 1. The first-order valence-corrected chi connectivity index (χ1v) is 5.98. The smallest absolute Gasteiger partial charge is 0.0755 e. The van der Waals surface area contributed by atoms with Crippen LogP contribution in [0.15, 0.2) is 18.2 Å². The van der Waals surface area contributed by atoms with E-state index in [4.69, 9.17) is 21.4 Å². The van der Waals surface area contributed by atoms with Crippen molar-refractivity contribution in [2.24, 2.45) is 0 Å². The molecule has 1 saturated heterocycles. The van der Waals surface area contributed by atoms with Crippen molar-refractivity contribution >= 4 is 17.3 Å². The molecule has 17 heavy (non-hydrogen) atoms. The third-order valence-electron chi connectivity index (χ3n) is 2.98. The molecule has 1 atom stereocenters. The number of nitrogens with zero attached hydrogens (tertiary/aromatic N) is 1. The Labute approximate surface area is 105 Å². The van der Waals surface area contributed by atoms with Gasteiger partial charge in [-0.15, -0.1) is 0 Å². The van der Waals surface area contributed by atoms with Crippen LogP contribution in [-0.2, 0) is 11.3 Å². The lowest BCUT2D eigenvalue weighted by molar-refractivity contribution is 0.0727. The molecule has 5 heteroatoms. The molecule has 1 aliphatic rings. The van der Waals surface area contributed by atoms with Crippen molar-refractivity contribution in [3.8, 4) is 0 Å². The van der Waals surface area contributed by atoms with Crippen molar-refractivity contribution in [3.63, 3.8) is 0 Å². The molecule has 2 rings (SSSR count). The fourth-order valence-corrected chi connectivity index (χ4v) is 2.22. The van der Waals surface area contributed by atoms with Crippen LogP contribution in [0, 0.1) is 0 Å². The molecular formula is C12H16ClNO3. The van der Waals surface area contributed by atoms with Crippen LogP contribution >= 0.6 is 11.6 Å². The fraction of sp³-hybridized carbons (Fsp3) is 0.500. The molecule has 2 N–H and O–H groups in total. The molecule has 4 nitrogen and oxygen atoms in total. The summed E-state index contributed by atoms with van der Waals surface area (Å²) in [5.74, 6) is 0. The van der Waals surface area contributed by atoms with Gasteiger partial charge in [0, 0.05) is 17.3 Å². The second-order valence-electron chi connectivity index (χ2n) is 4.04. The molecule has 1 unspecified atom stereocenters. The summed E-state index contributed by atoms with van der Waals surface area (Å²) in [5, 5.41) is 18.9. The van der Waals surface area contributed by atoms with E-state index in [0.717, 1.165) is 12.2 Å². The summed E-state index contributed by atoms with van der Waals surface area (Å²) in [4.78, 5) is 2.08. The van der Waals surface area contributed by atoms with Gasteiger partial charge in [-0.05, 0) is 17.7 Å². The molecule has 1 aromatic rings. The van der Waals surface area contributed by atoms with E-state index in [2.05, 4.69) is 4.90 Å². The Morgan fingerprint density at radius 3 is 2.88 bits per heavy atom. The van der Waals surface area contributed by atoms with Gasteiger partial charge in [0.15, 0.2) is 0 Å². The zero-order valence-corrected chi connectivity index (χ0v) is 10.2. The minimum atomic E-state index is -0.0638. The number of hydrogen-bond acceptors (Lipinski definition) is 4. The molecule has 94 valence electrons. The minimum absolute atomic E-state index is 0.0280. The summed E-state index contributed by atoms with van der Waals surface area (Å²) in [6, 6.07) is 5.51. The average Bonchev–Trinajstić information content (AvgIpc) is 2.38. The van der Waals surface area contributed by atoms with Gasteiger partial charge in [0.25, 0.3) is 0 Å². The van der Waals surface area contributed by atoms with E-state index in [1.807, 2.05) is 18.2 Å². The second-order valence-corrected chi connectivity index (χ2v) is 4.45. The van der Waals surface area contributed by atoms with Crippen LogP contribution in [0.4, 0.5) is 5.69 Å². The van der Waals surface area contributed by atoms with Gasteiger partial charge in [-0.1, -0.05) is 17.7 Å². The Kier molecular flexibility index (Phi) is 4.23. The molecule has 0 radical (unpaired) electrons. The van der Waals surface area contributed by atoms with Crippen LogP contribution in [0.5, 0.6) is 0 Å². The molecule has 0 spiro atoms. The largest absolute Gasteiger partial charge is 0.394 e. The molecule has 1 heterocycles. The van der Waals surface area contributed by atoms with E-state index >= 15 is 0 Å². The van der Waals surface area contributed by atoms with E-state index in [1.54, 1.807) is 0 Å². The summed E-state index contributed by atoms with van der Waals surface area (Å²) >= 11 is 6.06. The molecule has 1 aliphatic heterocycles. The Balaban J connectivity index is 2.23. The molecule has 0 aromatic heterocycles. The molecule has 1 aromatic carbocycles.